The van der Waals surface area contributed by atoms with E-state index >= 15 is 0 Å². The van der Waals surface area contributed by atoms with E-state index in [-0.39, 0.29) is 12.5 Å². The Morgan fingerprint density at radius 3 is 2.94 bits per heavy atom. The fourth-order valence-corrected chi connectivity index (χ4v) is 1.70. The molecule has 1 unspecified atom stereocenters. The molecule has 2 amide bonds. The number of hydrogen-bond acceptors (Lipinski definition) is 3. The molecule has 1 aromatic rings. The van der Waals surface area contributed by atoms with Crippen LogP contribution in [-0.4, -0.2) is 24.6 Å². The SMILES string of the molecule is CCc1ccccc1NC(=O)C1COC(=O)N1. The third-order valence-electron chi connectivity index (χ3n) is 2.65. The van der Waals surface area contributed by atoms with E-state index in [1.807, 2.05) is 31.2 Å². The van der Waals surface area contributed by atoms with Crippen LogP contribution in [0.3, 0.4) is 0 Å². The monoisotopic (exact) mass is 234 g/mol. The van der Waals surface area contributed by atoms with Gasteiger partial charge in [0.2, 0.25) is 0 Å². The van der Waals surface area contributed by atoms with E-state index in [2.05, 4.69) is 15.4 Å². The Morgan fingerprint density at radius 1 is 1.53 bits per heavy atom. The summed E-state index contributed by atoms with van der Waals surface area (Å²) < 4.78 is 4.67. The number of anilines is 1. The Labute approximate surface area is 99.2 Å². The van der Waals surface area contributed by atoms with E-state index < -0.39 is 12.1 Å². The lowest BCUT2D eigenvalue weighted by atomic mass is 10.1. The molecular weight excluding hydrogens is 220 g/mol. The molecule has 1 saturated heterocycles. The Morgan fingerprint density at radius 2 is 2.29 bits per heavy atom. The molecular formula is C12H14N2O3. The minimum Gasteiger partial charge on any atom is -0.447 e. The Hall–Kier alpha value is -2.04. The van der Waals surface area contributed by atoms with Crippen molar-refractivity contribution in [1.82, 2.24) is 5.32 Å². The molecule has 1 heterocycles. The number of carbonyl (C=O) groups excluding carboxylic acids is 2. The second kappa shape index (κ2) is 4.86. The van der Waals surface area contributed by atoms with E-state index in [0.717, 1.165) is 17.7 Å². The van der Waals surface area contributed by atoms with Gasteiger partial charge < -0.3 is 15.4 Å². The highest BCUT2D eigenvalue weighted by atomic mass is 16.6. The lowest BCUT2D eigenvalue weighted by molar-refractivity contribution is -0.117. The molecule has 1 fully saturated rings. The van der Waals surface area contributed by atoms with Crippen molar-refractivity contribution in [3.8, 4) is 0 Å². The molecule has 5 nitrogen and oxygen atoms in total. The molecule has 0 radical (unpaired) electrons. The molecule has 2 rings (SSSR count). The van der Waals surface area contributed by atoms with Gasteiger partial charge in [-0.25, -0.2) is 4.79 Å². The predicted octanol–water partition coefficient (Wildman–Crippen LogP) is 1.30. The highest BCUT2D eigenvalue weighted by Crippen LogP contribution is 2.16. The maximum Gasteiger partial charge on any atom is 0.407 e. The Balaban J connectivity index is 2.05. The van der Waals surface area contributed by atoms with Gasteiger partial charge in [-0.15, -0.1) is 0 Å². The van der Waals surface area contributed by atoms with Gasteiger partial charge in [0.15, 0.2) is 0 Å². The van der Waals surface area contributed by atoms with Crippen LogP contribution in [0, 0.1) is 0 Å². The van der Waals surface area contributed by atoms with Gasteiger partial charge in [0.05, 0.1) is 0 Å². The minimum atomic E-state index is -0.604. The normalized spacial score (nSPS) is 18.4. The summed E-state index contributed by atoms with van der Waals surface area (Å²) in [5.41, 5.74) is 1.84. The lowest BCUT2D eigenvalue weighted by Gasteiger charge is -2.12. The molecule has 1 aromatic carbocycles. The fourth-order valence-electron chi connectivity index (χ4n) is 1.70. The van der Waals surface area contributed by atoms with Crippen molar-refractivity contribution in [1.29, 1.82) is 0 Å². The maximum atomic E-state index is 11.8. The molecule has 17 heavy (non-hydrogen) atoms. The number of amides is 2. The first kappa shape index (κ1) is 11.4. The average molecular weight is 234 g/mol. The van der Waals surface area contributed by atoms with Crippen LogP contribution in [0.1, 0.15) is 12.5 Å². The number of cyclic esters (lactones) is 1. The molecule has 0 aromatic heterocycles. The van der Waals surface area contributed by atoms with Gasteiger partial charge >= 0.3 is 6.09 Å². The van der Waals surface area contributed by atoms with E-state index in [9.17, 15) is 9.59 Å². The number of aryl methyl sites for hydroxylation is 1. The van der Waals surface area contributed by atoms with E-state index in [4.69, 9.17) is 0 Å². The van der Waals surface area contributed by atoms with E-state index in [0.29, 0.717) is 0 Å². The zero-order chi connectivity index (χ0) is 12.3. The van der Waals surface area contributed by atoms with Crippen LogP contribution in [0.4, 0.5) is 10.5 Å². The first-order valence-corrected chi connectivity index (χ1v) is 5.52. The summed E-state index contributed by atoms with van der Waals surface area (Å²) in [5, 5.41) is 5.23. The summed E-state index contributed by atoms with van der Waals surface area (Å²) in [7, 11) is 0. The number of rotatable bonds is 3. The number of nitrogens with one attached hydrogen (secondary N) is 2. The Kier molecular flexibility index (Phi) is 3.27. The largest absolute Gasteiger partial charge is 0.447 e. The van der Waals surface area contributed by atoms with Gasteiger partial charge in [-0.1, -0.05) is 25.1 Å². The first-order valence-electron chi connectivity index (χ1n) is 5.52. The molecule has 1 aliphatic heterocycles. The molecule has 0 saturated carbocycles. The van der Waals surface area contributed by atoms with Crippen LogP contribution in [0.2, 0.25) is 0 Å². The lowest BCUT2D eigenvalue weighted by Crippen LogP contribution is -2.38. The van der Waals surface area contributed by atoms with Gasteiger partial charge in [-0.05, 0) is 18.1 Å². The van der Waals surface area contributed by atoms with Crippen LogP contribution >= 0.6 is 0 Å². The molecule has 90 valence electrons. The molecule has 5 heteroatoms. The summed E-state index contributed by atoms with van der Waals surface area (Å²) in [5.74, 6) is -0.253. The smallest absolute Gasteiger partial charge is 0.407 e. The van der Waals surface area contributed by atoms with Crippen molar-refractivity contribution in [2.75, 3.05) is 11.9 Å². The molecule has 0 aliphatic carbocycles. The van der Waals surface area contributed by atoms with Crippen molar-refractivity contribution >= 4 is 17.7 Å². The van der Waals surface area contributed by atoms with Gasteiger partial charge in [-0.2, -0.15) is 0 Å². The van der Waals surface area contributed by atoms with Crippen molar-refractivity contribution in [3.63, 3.8) is 0 Å². The van der Waals surface area contributed by atoms with Gasteiger partial charge in [-0.3, -0.25) is 4.79 Å². The van der Waals surface area contributed by atoms with Gasteiger partial charge in [0.1, 0.15) is 12.6 Å². The van der Waals surface area contributed by atoms with Crippen molar-refractivity contribution in [2.45, 2.75) is 19.4 Å². The topological polar surface area (TPSA) is 67.4 Å². The summed E-state index contributed by atoms with van der Waals surface area (Å²) in [6.45, 7) is 2.10. The van der Waals surface area contributed by atoms with Crippen molar-refractivity contribution in [3.05, 3.63) is 29.8 Å². The quantitative estimate of drug-likeness (QED) is 0.828. The highest BCUT2D eigenvalue weighted by Gasteiger charge is 2.28. The van der Waals surface area contributed by atoms with Crippen LogP contribution in [0.25, 0.3) is 0 Å². The van der Waals surface area contributed by atoms with Crippen LogP contribution in [0.5, 0.6) is 0 Å². The summed E-state index contributed by atoms with van der Waals surface area (Å²) >= 11 is 0. The molecule has 1 aliphatic rings. The third-order valence-corrected chi connectivity index (χ3v) is 2.65. The van der Waals surface area contributed by atoms with Crippen LogP contribution in [0.15, 0.2) is 24.3 Å². The van der Waals surface area contributed by atoms with E-state index in [1.165, 1.54) is 0 Å². The first-order chi connectivity index (χ1) is 8.20. The third kappa shape index (κ3) is 2.55. The van der Waals surface area contributed by atoms with Crippen LogP contribution in [-0.2, 0) is 16.0 Å². The minimum absolute atomic E-state index is 0.0823. The number of benzene rings is 1. The number of alkyl carbamates (subject to hydrolysis) is 1. The number of ether oxygens (including phenoxy) is 1. The molecule has 1 atom stereocenters. The number of carbonyl (C=O) groups is 2. The second-order valence-electron chi connectivity index (χ2n) is 3.80. The average Bonchev–Trinajstić information content (AvgIpc) is 2.77. The predicted molar refractivity (Wildman–Crippen MR) is 62.7 cm³/mol. The molecule has 0 spiro atoms. The fraction of sp³-hybridized carbons (Fsp3) is 0.333. The Bertz CT molecular complexity index is 445. The number of hydrogen-bond donors (Lipinski definition) is 2. The van der Waals surface area contributed by atoms with Gasteiger partial charge in [0, 0.05) is 5.69 Å². The summed E-state index contributed by atoms with van der Waals surface area (Å²) in [6.07, 6.45) is 0.290. The molecule has 0 bridgehead atoms. The summed E-state index contributed by atoms with van der Waals surface area (Å²) in [6, 6.07) is 6.98. The standard InChI is InChI=1S/C12H14N2O3/c1-2-8-5-3-4-6-9(8)13-11(15)10-7-17-12(16)14-10/h3-6,10H,2,7H2,1H3,(H,13,15)(H,14,16). The summed E-state index contributed by atoms with van der Waals surface area (Å²) in [4.78, 5) is 22.6. The highest BCUT2D eigenvalue weighted by molar-refractivity contribution is 5.98. The van der Waals surface area contributed by atoms with E-state index in [1.54, 1.807) is 0 Å². The van der Waals surface area contributed by atoms with Crippen molar-refractivity contribution < 1.29 is 14.3 Å². The van der Waals surface area contributed by atoms with Gasteiger partial charge in [0.25, 0.3) is 5.91 Å². The second-order valence-corrected chi connectivity index (χ2v) is 3.80. The van der Waals surface area contributed by atoms with Crippen molar-refractivity contribution in [2.24, 2.45) is 0 Å². The number of para-hydroxylation sites is 1. The zero-order valence-electron chi connectivity index (χ0n) is 9.53. The zero-order valence-corrected chi connectivity index (χ0v) is 9.53. The van der Waals surface area contributed by atoms with Crippen LogP contribution < -0.4 is 10.6 Å². The molecule has 2 N–H and O–H groups in total. The maximum absolute atomic E-state index is 11.8.